The summed E-state index contributed by atoms with van der Waals surface area (Å²) in [6.07, 6.45) is 4.83. The summed E-state index contributed by atoms with van der Waals surface area (Å²) in [5.41, 5.74) is 1.21. The Hall–Kier alpha value is -4.16. The maximum Gasteiger partial charge on any atom is 0.265 e. The molecule has 4 aromatic carbocycles. The average molecular weight is 803 g/mol. The Balaban J connectivity index is 1.65. The fourth-order valence-electron chi connectivity index (χ4n) is 6.43. The first-order valence-corrected chi connectivity index (χ1v) is 19.7. The van der Waals surface area contributed by atoms with Crippen LogP contribution in [0.25, 0.3) is 0 Å². The number of rotatable bonds is 15. The predicted octanol–water partition coefficient (Wildman–Crippen LogP) is 7.96. The third kappa shape index (κ3) is 9.69. The number of carbonyl (C=O) groups is 2. The number of ether oxygens (including phenoxy) is 3. The first-order valence-electron chi connectivity index (χ1n) is 17.1. The van der Waals surface area contributed by atoms with Gasteiger partial charge in [0, 0.05) is 45.7 Å². The summed E-state index contributed by atoms with van der Waals surface area (Å²) in [4.78, 5) is 30.6. The smallest absolute Gasteiger partial charge is 0.265 e. The third-order valence-corrected chi connectivity index (χ3v) is 11.9. The van der Waals surface area contributed by atoms with E-state index in [4.69, 9.17) is 49.0 Å². The number of halogens is 3. The first-order chi connectivity index (χ1) is 25.5. The maximum atomic E-state index is 15.0. The number of amides is 2. The molecule has 4 aromatic rings. The maximum absolute atomic E-state index is 15.0. The topological polar surface area (TPSA) is 114 Å². The van der Waals surface area contributed by atoms with Crippen molar-refractivity contribution in [1.82, 2.24) is 10.2 Å². The fourth-order valence-corrected chi connectivity index (χ4v) is 8.54. The molecule has 1 saturated carbocycles. The second kappa shape index (κ2) is 18.2. The van der Waals surface area contributed by atoms with E-state index >= 15 is 4.79 Å². The molecule has 0 bridgehead atoms. The predicted molar refractivity (Wildman–Crippen MR) is 208 cm³/mol. The van der Waals surface area contributed by atoms with Crippen LogP contribution in [-0.4, -0.2) is 65.1 Å². The molecule has 1 N–H and O–H groups in total. The summed E-state index contributed by atoms with van der Waals surface area (Å²) in [5, 5.41) is 3.96. The number of hydrogen-bond acceptors (Lipinski definition) is 7. The summed E-state index contributed by atoms with van der Waals surface area (Å²) in [6.45, 7) is -0.943. The van der Waals surface area contributed by atoms with Crippen LogP contribution in [0.1, 0.15) is 43.2 Å². The lowest BCUT2D eigenvalue weighted by atomic mass is 9.94. The second-order valence-electron chi connectivity index (χ2n) is 12.6. The molecule has 282 valence electrons. The Kier molecular flexibility index (Phi) is 13.8. The van der Waals surface area contributed by atoms with Gasteiger partial charge in [-0.15, -0.1) is 0 Å². The molecule has 2 amide bonds. The van der Waals surface area contributed by atoms with E-state index in [0.717, 1.165) is 42.0 Å². The molecule has 0 aliphatic heterocycles. The van der Waals surface area contributed by atoms with E-state index in [1.807, 2.05) is 30.3 Å². The number of nitrogens with one attached hydrogen (secondary N) is 1. The first kappa shape index (κ1) is 40.0. The van der Waals surface area contributed by atoms with Crippen LogP contribution in [0.3, 0.4) is 0 Å². The van der Waals surface area contributed by atoms with Crippen molar-refractivity contribution < 1.29 is 32.2 Å². The Labute approximate surface area is 325 Å². The minimum atomic E-state index is -4.55. The highest BCUT2D eigenvalue weighted by Gasteiger charge is 2.37. The summed E-state index contributed by atoms with van der Waals surface area (Å²) in [7, 11) is -0.344. The highest BCUT2D eigenvalue weighted by Crippen LogP contribution is 2.38. The van der Waals surface area contributed by atoms with Crippen molar-refractivity contribution in [2.75, 3.05) is 32.2 Å². The van der Waals surface area contributed by atoms with Crippen LogP contribution in [0, 0.1) is 0 Å². The molecule has 0 unspecified atom stereocenters. The molecule has 14 heteroatoms. The summed E-state index contributed by atoms with van der Waals surface area (Å²) < 4.78 is 46.6. The van der Waals surface area contributed by atoms with Crippen LogP contribution in [0.15, 0.2) is 89.8 Å². The van der Waals surface area contributed by atoms with Gasteiger partial charge in [-0.2, -0.15) is 0 Å². The van der Waals surface area contributed by atoms with Crippen LogP contribution in [0.4, 0.5) is 5.69 Å². The lowest BCUT2D eigenvalue weighted by Crippen LogP contribution is -2.55. The molecule has 0 aromatic heterocycles. The van der Waals surface area contributed by atoms with Crippen molar-refractivity contribution in [3.8, 4) is 17.2 Å². The highest BCUT2D eigenvalue weighted by molar-refractivity contribution is 7.92. The van der Waals surface area contributed by atoms with Gasteiger partial charge in [0.25, 0.3) is 10.0 Å². The fraction of sp³-hybridized carbons (Fsp3) is 0.333. The van der Waals surface area contributed by atoms with Gasteiger partial charge in [-0.3, -0.25) is 13.9 Å². The summed E-state index contributed by atoms with van der Waals surface area (Å²) in [5.74, 6) is -0.457. The van der Waals surface area contributed by atoms with Crippen molar-refractivity contribution >= 4 is 62.3 Å². The van der Waals surface area contributed by atoms with Gasteiger partial charge in [0.2, 0.25) is 11.8 Å². The summed E-state index contributed by atoms with van der Waals surface area (Å²) >= 11 is 19.7. The van der Waals surface area contributed by atoms with E-state index in [1.165, 1.54) is 56.6 Å². The van der Waals surface area contributed by atoms with E-state index in [1.54, 1.807) is 24.3 Å². The normalized spacial score (nSPS) is 13.8. The molecule has 5 rings (SSSR count). The van der Waals surface area contributed by atoms with Gasteiger partial charge in [0.05, 0.1) is 31.9 Å². The molecule has 0 saturated heterocycles. The molecular formula is C39H42Cl3N3O7S. The molecular weight excluding hydrogens is 761 g/mol. The van der Waals surface area contributed by atoms with Gasteiger partial charge in [0.1, 0.15) is 18.3 Å². The van der Waals surface area contributed by atoms with Crippen molar-refractivity contribution in [1.29, 1.82) is 0 Å². The van der Waals surface area contributed by atoms with Gasteiger partial charge in [-0.1, -0.05) is 90.5 Å². The van der Waals surface area contributed by atoms with Crippen LogP contribution in [0.5, 0.6) is 17.2 Å². The number of benzene rings is 4. The van der Waals surface area contributed by atoms with Gasteiger partial charge in [-0.05, 0) is 60.9 Å². The second-order valence-corrected chi connectivity index (χ2v) is 15.7. The molecule has 0 radical (unpaired) electrons. The number of anilines is 1. The minimum absolute atomic E-state index is 0.00475. The minimum Gasteiger partial charge on any atom is -0.495 e. The number of methoxy groups -OCH3 is 3. The van der Waals surface area contributed by atoms with E-state index in [2.05, 4.69) is 5.32 Å². The Bertz CT molecular complexity index is 1990. The molecule has 1 aliphatic carbocycles. The molecule has 0 spiro atoms. The SMILES string of the molecule is COc1ccc(S(=O)(=O)N(CC(=O)N(Cc2c(Cl)cccc2Cl)[C@H](Cc2ccccc2)C(=O)NC2CCCCC2)c2cc(Cl)ccc2OC)cc1OC. The Morgan fingerprint density at radius 1 is 0.792 bits per heavy atom. The monoisotopic (exact) mass is 801 g/mol. The standard InChI is InChI=1S/C39H42Cl3N3O7S/c1-50-35-19-17-27(40)22-33(35)45(53(48,49)29-18-20-36(51-2)37(23-29)52-3)25-38(46)44(24-30-31(41)15-10-16-32(30)42)34(21-26-11-6-4-7-12-26)39(47)43-28-13-8-5-9-14-28/h4,6-7,10-12,15-20,22-23,28,34H,5,8-9,13-14,21,24-25H2,1-3H3,(H,43,47)/t34-/m1/s1. The van der Waals surface area contributed by atoms with Crippen LogP contribution in [-0.2, 0) is 32.6 Å². The highest BCUT2D eigenvalue weighted by atomic mass is 35.5. The van der Waals surface area contributed by atoms with Crippen molar-refractivity contribution in [3.05, 3.63) is 111 Å². The van der Waals surface area contributed by atoms with Gasteiger partial charge >= 0.3 is 0 Å². The van der Waals surface area contributed by atoms with Crippen molar-refractivity contribution in [2.45, 2.75) is 62.0 Å². The molecule has 53 heavy (non-hydrogen) atoms. The Morgan fingerprint density at radius 2 is 1.43 bits per heavy atom. The third-order valence-electron chi connectivity index (χ3n) is 9.24. The van der Waals surface area contributed by atoms with Gasteiger partial charge in [0.15, 0.2) is 11.5 Å². The molecule has 1 atom stereocenters. The summed E-state index contributed by atoms with van der Waals surface area (Å²) in [6, 6.07) is 21.7. The zero-order valence-corrected chi connectivity index (χ0v) is 32.8. The van der Waals surface area contributed by atoms with Crippen molar-refractivity contribution in [2.24, 2.45) is 0 Å². The zero-order valence-electron chi connectivity index (χ0n) is 29.7. The number of hydrogen-bond donors (Lipinski definition) is 1. The van der Waals surface area contributed by atoms with Crippen LogP contribution < -0.4 is 23.8 Å². The van der Waals surface area contributed by atoms with Crippen molar-refractivity contribution in [3.63, 3.8) is 0 Å². The molecule has 0 heterocycles. The lowest BCUT2D eigenvalue weighted by Gasteiger charge is -2.35. The van der Waals surface area contributed by atoms with Gasteiger partial charge < -0.3 is 24.4 Å². The lowest BCUT2D eigenvalue weighted by molar-refractivity contribution is -0.140. The van der Waals surface area contributed by atoms with E-state index in [9.17, 15) is 13.2 Å². The quantitative estimate of drug-likeness (QED) is 0.130. The zero-order chi connectivity index (χ0) is 38.1. The molecule has 10 nitrogen and oxygen atoms in total. The molecule has 1 fully saturated rings. The van der Waals surface area contributed by atoms with Crippen LogP contribution >= 0.6 is 34.8 Å². The van der Waals surface area contributed by atoms with Crippen LogP contribution in [0.2, 0.25) is 15.1 Å². The van der Waals surface area contributed by atoms with E-state index < -0.39 is 28.5 Å². The Morgan fingerprint density at radius 3 is 2.08 bits per heavy atom. The number of sulfonamides is 1. The largest absolute Gasteiger partial charge is 0.495 e. The molecule has 1 aliphatic rings. The number of nitrogens with zero attached hydrogens (tertiary/aromatic N) is 2. The average Bonchev–Trinajstić information content (AvgIpc) is 3.16. The van der Waals surface area contributed by atoms with E-state index in [-0.39, 0.29) is 62.1 Å². The number of carbonyl (C=O) groups excluding carboxylic acids is 2. The van der Waals surface area contributed by atoms with Gasteiger partial charge in [-0.25, -0.2) is 8.42 Å². The van der Waals surface area contributed by atoms with E-state index in [0.29, 0.717) is 11.3 Å².